The third-order valence-electron chi connectivity index (χ3n) is 2.23. The molecule has 2 heterocycles. The SMILES string of the molecule is Cc1cc(NC(=O)c2cccnc2)nn1C(=O)O. The van der Waals surface area contributed by atoms with Crippen molar-refractivity contribution in [2.24, 2.45) is 0 Å². The Kier molecular flexibility index (Phi) is 3.05. The Hall–Kier alpha value is -2.70. The summed E-state index contributed by atoms with van der Waals surface area (Å²) < 4.78 is 0.791. The lowest BCUT2D eigenvalue weighted by atomic mass is 10.3. The number of nitrogens with zero attached hydrogens (tertiary/aromatic N) is 3. The third kappa shape index (κ3) is 2.34. The van der Waals surface area contributed by atoms with Gasteiger partial charge in [-0.05, 0) is 19.1 Å². The minimum atomic E-state index is -1.20. The van der Waals surface area contributed by atoms with Gasteiger partial charge in [0.2, 0.25) is 0 Å². The molecule has 0 unspecified atom stereocenters. The zero-order valence-electron chi connectivity index (χ0n) is 9.49. The number of hydrogen-bond acceptors (Lipinski definition) is 4. The fourth-order valence-electron chi connectivity index (χ4n) is 1.41. The Morgan fingerprint density at radius 2 is 2.22 bits per heavy atom. The van der Waals surface area contributed by atoms with E-state index in [9.17, 15) is 9.59 Å². The minimum Gasteiger partial charge on any atom is -0.463 e. The van der Waals surface area contributed by atoms with Gasteiger partial charge in [0.25, 0.3) is 5.91 Å². The summed E-state index contributed by atoms with van der Waals surface area (Å²) >= 11 is 0. The first-order chi connectivity index (χ1) is 8.58. The summed E-state index contributed by atoms with van der Waals surface area (Å²) in [6.07, 6.45) is 1.77. The number of aromatic nitrogens is 3. The topological polar surface area (TPSA) is 97.1 Å². The van der Waals surface area contributed by atoms with Gasteiger partial charge in [-0.1, -0.05) is 0 Å². The molecule has 0 aromatic carbocycles. The van der Waals surface area contributed by atoms with Crippen LogP contribution in [0.15, 0.2) is 30.6 Å². The van der Waals surface area contributed by atoms with Crippen LogP contribution in [0.4, 0.5) is 10.6 Å². The molecule has 7 heteroatoms. The molecule has 2 aromatic rings. The van der Waals surface area contributed by atoms with Gasteiger partial charge in [-0.25, -0.2) is 4.79 Å². The molecule has 0 aliphatic carbocycles. The van der Waals surface area contributed by atoms with Crippen molar-refractivity contribution in [1.82, 2.24) is 14.8 Å². The maximum absolute atomic E-state index is 11.8. The summed E-state index contributed by atoms with van der Waals surface area (Å²) in [6, 6.07) is 4.71. The van der Waals surface area contributed by atoms with E-state index < -0.39 is 12.0 Å². The molecule has 0 aliphatic heterocycles. The zero-order valence-corrected chi connectivity index (χ0v) is 9.49. The first-order valence-electron chi connectivity index (χ1n) is 5.09. The first kappa shape index (κ1) is 11.8. The summed E-state index contributed by atoms with van der Waals surface area (Å²) in [6.45, 7) is 1.58. The highest BCUT2D eigenvalue weighted by molar-refractivity contribution is 6.03. The highest BCUT2D eigenvalue weighted by atomic mass is 16.4. The van der Waals surface area contributed by atoms with Crippen LogP contribution in [0.25, 0.3) is 0 Å². The summed E-state index contributed by atoms with van der Waals surface area (Å²) in [5.41, 5.74) is 0.795. The van der Waals surface area contributed by atoms with Gasteiger partial charge >= 0.3 is 6.09 Å². The predicted octanol–water partition coefficient (Wildman–Crippen LogP) is 1.36. The average Bonchev–Trinajstić information content (AvgIpc) is 2.71. The smallest absolute Gasteiger partial charge is 0.432 e. The zero-order chi connectivity index (χ0) is 13.1. The standard InChI is InChI=1S/C11H10N4O3/c1-7-5-9(14-15(7)11(17)18)13-10(16)8-3-2-4-12-6-8/h2-6H,1H3,(H,17,18)(H,13,14,16). The molecule has 0 radical (unpaired) electrons. The Morgan fingerprint density at radius 1 is 1.44 bits per heavy atom. The number of carboxylic acid groups (broad SMARTS) is 1. The molecule has 2 rings (SSSR count). The van der Waals surface area contributed by atoms with E-state index in [1.54, 1.807) is 25.3 Å². The van der Waals surface area contributed by atoms with E-state index in [0.29, 0.717) is 11.3 Å². The fourth-order valence-corrected chi connectivity index (χ4v) is 1.41. The number of pyridine rings is 1. The maximum Gasteiger partial charge on any atom is 0.432 e. The van der Waals surface area contributed by atoms with E-state index in [0.717, 1.165) is 4.68 Å². The maximum atomic E-state index is 11.8. The monoisotopic (exact) mass is 246 g/mol. The normalized spacial score (nSPS) is 10.1. The number of anilines is 1. The van der Waals surface area contributed by atoms with Gasteiger partial charge in [0.15, 0.2) is 5.82 Å². The highest BCUT2D eigenvalue weighted by Crippen LogP contribution is 2.09. The molecule has 18 heavy (non-hydrogen) atoms. The lowest BCUT2D eigenvalue weighted by molar-refractivity contribution is 0.102. The van der Waals surface area contributed by atoms with Gasteiger partial charge in [-0.2, -0.15) is 4.68 Å². The molecule has 0 fully saturated rings. The molecular formula is C11H10N4O3. The van der Waals surface area contributed by atoms with Crippen molar-refractivity contribution in [2.45, 2.75) is 6.92 Å². The van der Waals surface area contributed by atoms with Crippen LogP contribution in [-0.2, 0) is 0 Å². The number of rotatable bonds is 2. The van der Waals surface area contributed by atoms with Crippen molar-refractivity contribution < 1.29 is 14.7 Å². The molecule has 0 atom stereocenters. The second-order valence-corrected chi connectivity index (χ2v) is 3.56. The van der Waals surface area contributed by atoms with E-state index in [2.05, 4.69) is 15.4 Å². The predicted molar refractivity (Wildman–Crippen MR) is 62.6 cm³/mol. The van der Waals surface area contributed by atoms with Crippen molar-refractivity contribution in [3.05, 3.63) is 41.9 Å². The number of carbonyl (C=O) groups is 2. The Bertz CT molecular complexity index is 592. The lowest BCUT2D eigenvalue weighted by Gasteiger charge is -2.00. The molecule has 7 nitrogen and oxygen atoms in total. The lowest BCUT2D eigenvalue weighted by Crippen LogP contribution is -2.14. The van der Waals surface area contributed by atoms with Crippen LogP contribution in [0.1, 0.15) is 16.1 Å². The van der Waals surface area contributed by atoms with Gasteiger partial charge in [0, 0.05) is 24.2 Å². The van der Waals surface area contributed by atoms with Gasteiger partial charge in [0.1, 0.15) is 0 Å². The highest BCUT2D eigenvalue weighted by Gasteiger charge is 2.12. The summed E-state index contributed by atoms with van der Waals surface area (Å²) in [7, 11) is 0. The van der Waals surface area contributed by atoms with Crippen LogP contribution >= 0.6 is 0 Å². The number of hydrogen-bond donors (Lipinski definition) is 2. The van der Waals surface area contributed by atoms with Crippen LogP contribution in [0, 0.1) is 6.92 Å². The van der Waals surface area contributed by atoms with Crippen LogP contribution < -0.4 is 5.32 Å². The Labute approximate surface area is 102 Å². The molecule has 1 amide bonds. The third-order valence-corrected chi connectivity index (χ3v) is 2.23. The second kappa shape index (κ2) is 4.66. The number of nitrogens with one attached hydrogen (secondary N) is 1. The number of carbonyl (C=O) groups excluding carboxylic acids is 1. The summed E-state index contributed by atoms with van der Waals surface area (Å²) in [5.74, 6) is -0.207. The first-order valence-corrected chi connectivity index (χ1v) is 5.09. The van der Waals surface area contributed by atoms with E-state index >= 15 is 0 Å². The van der Waals surface area contributed by atoms with E-state index in [4.69, 9.17) is 5.11 Å². The Morgan fingerprint density at radius 3 is 2.78 bits per heavy atom. The van der Waals surface area contributed by atoms with E-state index in [1.165, 1.54) is 12.3 Å². The molecule has 0 bridgehead atoms. The second-order valence-electron chi connectivity index (χ2n) is 3.56. The van der Waals surface area contributed by atoms with E-state index in [1.807, 2.05) is 0 Å². The van der Waals surface area contributed by atoms with Crippen molar-refractivity contribution in [1.29, 1.82) is 0 Å². The molecule has 0 saturated carbocycles. The molecule has 92 valence electrons. The quantitative estimate of drug-likeness (QED) is 0.833. The molecule has 2 N–H and O–H groups in total. The minimum absolute atomic E-state index is 0.184. The van der Waals surface area contributed by atoms with Gasteiger partial charge in [-0.15, -0.1) is 5.10 Å². The van der Waals surface area contributed by atoms with Crippen LogP contribution in [0.2, 0.25) is 0 Å². The number of amides is 1. The molecular weight excluding hydrogens is 236 g/mol. The van der Waals surface area contributed by atoms with Crippen LogP contribution in [0.5, 0.6) is 0 Å². The van der Waals surface area contributed by atoms with Crippen molar-refractivity contribution in [3.63, 3.8) is 0 Å². The van der Waals surface area contributed by atoms with Crippen molar-refractivity contribution in [2.75, 3.05) is 5.32 Å². The Balaban J connectivity index is 2.18. The molecule has 2 aromatic heterocycles. The van der Waals surface area contributed by atoms with Crippen LogP contribution in [0.3, 0.4) is 0 Å². The molecule has 0 saturated heterocycles. The van der Waals surface area contributed by atoms with Crippen molar-refractivity contribution in [3.8, 4) is 0 Å². The van der Waals surface area contributed by atoms with Crippen LogP contribution in [-0.4, -0.2) is 31.9 Å². The van der Waals surface area contributed by atoms with Gasteiger partial charge in [0.05, 0.1) is 5.56 Å². The molecule has 0 aliphatic rings. The largest absolute Gasteiger partial charge is 0.463 e. The average molecular weight is 246 g/mol. The summed E-state index contributed by atoms with van der Waals surface area (Å²) in [4.78, 5) is 26.3. The van der Waals surface area contributed by atoms with E-state index in [-0.39, 0.29) is 5.82 Å². The van der Waals surface area contributed by atoms with Gasteiger partial charge in [-0.3, -0.25) is 9.78 Å². The number of aryl methyl sites for hydroxylation is 1. The fraction of sp³-hybridized carbons (Fsp3) is 0.0909. The van der Waals surface area contributed by atoms with Crippen molar-refractivity contribution >= 4 is 17.8 Å². The summed E-state index contributed by atoms with van der Waals surface area (Å²) in [5, 5.41) is 15.0. The molecule has 0 spiro atoms. The van der Waals surface area contributed by atoms with Gasteiger partial charge < -0.3 is 10.4 Å².